The molecule has 2 N–H and O–H groups in total. The van der Waals surface area contributed by atoms with Crippen LogP contribution in [0.2, 0.25) is 0 Å². The molecular weight excluding hydrogens is 287 g/mol. The van der Waals surface area contributed by atoms with Crippen LogP contribution in [0.3, 0.4) is 0 Å². The average Bonchev–Trinajstić information content (AvgIpc) is 2.39. The number of nitrogens with one attached hydrogen (secondary N) is 2. The summed E-state index contributed by atoms with van der Waals surface area (Å²) in [5.41, 5.74) is 0. The maximum absolute atomic E-state index is 12.7. The van der Waals surface area contributed by atoms with E-state index in [1.54, 1.807) is 0 Å². The number of rotatable bonds is 8. The minimum absolute atomic E-state index is 0.0180. The molecule has 6 nitrogen and oxygen atoms in total. The van der Waals surface area contributed by atoms with Gasteiger partial charge in [-0.1, -0.05) is 0 Å². The standard InChI is InChI=1S/C12H17FN2O4S/c1-19-9-8-14-12(16)6-7-15-20(17,18)11-4-2-10(13)3-5-11/h2-5,15H,6-9H2,1H3,(H,14,16). The Morgan fingerprint density at radius 1 is 1.25 bits per heavy atom. The molecule has 0 fully saturated rings. The van der Waals surface area contributed by atoms with E-state index in [0.717, 1.165) is 24.3 Å². The van der Waals surface area contributed by atoms with Crippen molar-refractivity contribution in [3.63, 3.8) is 0 Å². The number of hydrogen-bond acceptors (Lipinski definition) is 4. The number of carbonyl (C=O) groups is 1. The summed E-state index contributed by atoms with van der Waals surface area (Å²) in [5, 5.41) is 2.57. The predicted molar refractivity (Wildman–Crippen MR) is 71.1 cm³/mol. The van der Waals surface area contributed by atoms with Crippen molar-refractivity contribution in [2.24, 2.45) is 0 Å². The summed E-state index contributed by atoms with van der Waals surface area (Å²) >= 11 is 0. The Hall–Kier alpha value is -1.51. The van der Waals surface area contributed by atoms with Gasteiger partial charge in [-0.2, -0.15) is 0 Å². The van der Waals surface area contributed by atoms with Gasteiger partial charge in [-0.25, -0.2) is 17.5 Å². The van der Waals surface area contributed by atoms with Gasteiger partial charge in [0.1, 0.15) is 5.82 Å². The molecule has 0 aliphatic heterocycles. The number of benzene rings is 1. The van der Waals surface area contributed by atoms with E-state index in [0.29, 0.717) is 13.2 Å². The first kappa shape index (κ1) is 16.5. The normalized spacial score (nSPS) is 11.3. The van der Waals surface area contributed by atoms with Gasteiger partial charge in [0, 0.05) is 26.6 Å². The number of ether oxygens (including phenoxy) is 1. The summed E-state index contributed by atoms with van der Waals surface area (Å²) < 4.78 is 43.3. The quantitative estimate of drug-likeness (QED) is 0.675. The smallest absolute Gasteiger partial charge is 0.240 e. The van der Waals surface area contributed by atoms with Crippen molar-refractivity contribution in [1.29, 1.82) is 0 Å². The number of amides is 1. The van der Waals surface area contributed by atoms with Crippen LogP contribution in [0, 0.1) is 5.82 Å². The lowest BCUT2D eigenvalue weighted by Crippen LogP contribution is -2.32. The van der Waals surface area contributed by atoms with E-state index >= 15 is 0 Å². The summed E-state index contributed by atoms with van der Waals surface area (Å²) in [5.74, 6) is -0.787. The molecular formula is C12H17FN2O4S. The lowest BCUT2D eigenvalue weighted by molar-refractivity contribution is -0.121. The molecule has 8 heteroatoms. The van der Waals surface area contributed by atoms with Crippen LogP contribution in [0.25, 0.3) is 0 Å². The van der Waals surface area contributed by atoms with Gasteiger partial charge < -0.3 is 10.1 Å². The molecule has 1 aromatic rings. The molecule has 0 radical (unpaired) electrons. The molecule has 112 valence electrons. The summed E-state index contributed by atoms with van der Waals surface area (Å²) in [4.78, 5) is 11.3. The fourth-order valence-corrected chi connectivity index (χ4v) is 2.41. The van der Waals surface area contributed by atoms with Gasteiger partial charge in [-0.05, 0) is 24.3 Å². The number of methoxy groups -OCH3 is 1. The predicted octanol–water partition coefficient (Wildman–Crippen LogP) is 0.257. The third kappa shape index (κ3) is 5.64. The van der Waals surface area contributed by atoms with Crippen molar-refractivity contribution in [3.8, 4) is 0 Å². The van der Waals surface area contributed by atoms with Crippen LogP contribution in [-0.4, -0.2) is 41.1 Å². The third-order valence-electron chi connectivity index (χ3n) is 2.40. The Kier molecular flexibility index (Phi) is 6.56. The third-order valence-corrected chi connectivity index (χ3v) is 3.87. The number of hydrogen-bond donors (Lipinski definition) is 2. The van der Waals surface area contributed by atoms with Crippen LogP contribution in [-0.2, 0) is 19.6 Å². The van der Waals surface area contributed by atoms with E-state index < -0.39 is 15.8 Å². The zero-order valence-corrected chi connectivity index (χ0v) is 11.9. The molecule has 0 atom stereocenters. The molecule has 1 rings (SSSR count). The van der Waals surface area contributed by atoms with Crippen molar-refractivity contribution in [3.05, 3.63) is 30.1 Å². The van der Waals surface area contributed by atoms with Crippen molar-refractivity contribution in [2.75, 3.05) is 26.8 Å². The van der Waals surface area contributed by atoms with Gasteiger partial charge in [-0.3, -0.25) is 4.79 Å². The molecule has 0 aliphatic rings. The van der Waals surface area contributed by atoms with E-state index in [2.05, 4.69) is 10.0 Å². The number of carbonyl (C=O) groups excluding carboxylic acids is 1. The first-order chi connectivity index (χ1) is 9.45. The van der Waals surface area contributed by atoms with Gasteiger partial charge in [0.15, 0.2) is 0 Å². The second-order valence-corrected chi connectivity index (χ2v) is 5.71. The highest BCUT2D eigenvalue weighted by Crippen LogP contribution is 2.09. The topological polar surface area (TPSA) is 84.5 Å². The molecule has 0 bridgehead atoms. The molecule has 1 amide bonds. The van der Waals surface area contributed by atoms with Gasteiger partial charge in [-0.15, -0.1) is 0 Å². The van der Waals surface area contributed by atoms with Crippen LogP contribution in [0.15, 0.2) is 29.2 Å². The van der Waals surface area contributed by atoms with Gasteiger partial charge in [0.05, 0.1) is 11.5 Å². The van der Waals surface area contributed by atoms with Crippen LogP contribution in [0.4, 0.5) is 4.39 Å². The van der Waals surface area contributed by atoms with E-state index in [4.69, 9.17) is 4.74 Å². The van der Waals surface area contributed by atoms with Crippen LogP contribution in [0.5, 0.6) is 0 Å². The minimum atomic E-state index is -3.72. The van der Waals surface area contributed by atoms with E-state index in [-0.39, 0.29) is 23.8 Å². The zero-order valence-electron chi connectivity index (χ0n) is 11.1. The molecule has 0 aliphatic carbocycles. The summed E-state index contributed by atoms with van der Waals surface area (Å²) in [6.45, 7) is 0.742. The molecule has 20 heavy (non-hydrogen) atoms. The van der Waals surface area contributed by atoms with E-state index in [1.807, 2.05) is 0 Å². The maximum atomic E-state index is 12.7. The summed E-state index contributed by atoms with van der Waals surface area (Å²) in [7, 11) is -2.20. The lowest BCUT2D eigenvalue weighted by atomic mass is 10.4. The van der Waals surface area contributed by atoms with E-state index in [1.165, 1.54) is 7.11 Å². The average molecular weight is 304 g/mol. The van der Waals surface area contributed by atoms with Gasteiger partial charge >= 0.3 is 0 Å². The summed E-state index contributed by atoms with van der Waals surface area (Å²) in [6, 6.07) is 4.45. The molecule has 0 heterocycles. The van der Waals surface area contributed by atoms with Crippen LogP contribution >= 0.6 is 0 Å². The Morgan fingerprint density at radius 2 is 1.90 bits per heavy atom. The monoisotopic (exact) mass is 304 g/mol. The second-order valence-electron chi connectivity index (χ2n) is 3.94. The molecule has 0 unspecified atom stereocenters. The Morgan fingerprint density at radius 3 is 2.50 bits per heavy atom. The lowest BCUT2D eigenvalue weighted by Gasteiger charge is -2.07. The Bertz CT molecular complexity index is 531. The summed E-state index contributed by atoms with van der Waals surface area (Å²) in [6.07, 6.45) is 0.0180. The second kappa shape index (κ2) is 7.93. The zero-order chi connectivity index (χ0) is 15.0. The Balaban J connectivity index is 2.40. The highest BCUT2D eigenvalue weighted by molar-refractivity contribution is 7.89. The first-order valence-electron chi connectivity index (χ1n) is 5.96. The highest BCUT2D eigenvalue weighted by atomic mass is 32.2. The van der Waals surface area contributed by atoms with Crippen LogP contribution in [0.1, 0.15) is 6.42 Å². The van der Waals surface area contributed by atoms with Crippen molar-refractivity contribution in [2.45, 2.75) is 11.3 Å². The fourth-order valence-electron chi connectivity index (χ4n) is 1.38. The maximum Gasteiger partial charge on any atom is 0.240 e. The largest absolute Gasteiger partial charge is 0.383 e. The Labute approximate surface area is 117 Å². The fraction of sp³-hybridized carbons (Fsp3) is 0.417. The van der Waals surface area contributed by atoms with Gasteiger partial charge in [0.25, 0.3) is 0 Å². The number of sulfonamides is 1. The molecule has 1 aromatic carbocycles. The van der Waals surface area contributed by atoms with Crippen LogP contribution < -0.4 is 10.0 Å². The minimum Gasteiger partial charge on any atom is -0.383 e. The molecule has 0 saturated carbocycles. The van der Waals surface area contributed by atoms with Crippen molar-refractivity contribution >= 4 is 15.9 Å². The first-order valence-corrected chi connectivity index (χ1v) is 7.45. The molecule has 0 aromatic heterocycles. The van der Waals surface area contributed by atoms with E-state index in [9.17, 15) is 17.6 Å². The molecule has 0 spiro atoms. The molecule has 0 saturated heterocycles. The van der Waals surface area contributed by atoms with Crippen molar-refractivity contribution in [1.82, 2.24) is 10.0 Å². The SMILES string of the molecule is COCCNC(=O)CCNS(=O)(=O)c1ccc(F)cc1. The van der Waals surface area contributed by atoms with Gasteiger partial charge in [0.2, 0.25) is 15.9 Å². The van der Waals surface area contributed by atoms with Crippen molar-refractivity contribution < 1.29 is 22.3 Å². The number of halogens is 1. The highest BCUT2D eigenvalue weighted by Gasteiger charge is 2.13.